The monoisotopic (exact) mass is 457 g/mol. The molecule has 0 saturated carbocycles. The van der Waals surface area contributed by atoms with Crippen molar-refractivity contribution in [3.8, 4) is 11.5 Å². The van der Waals surface area contributed by atoms with Crippen molar-refractivity contribution in [3.63, 3.8) is 0 Å². The van der Waals surface area contributed by atoms with Crippen LogP contribution in [-0.2, 0) is 22.4 Å². The van der Waals surface area contributed by atoms with Gasteiger partial charge in [-0.05, 0) is 53.5 Å². The van der Waals surface area contributed by atoms with Crippen LogP contribution in [-0.4, -0.2) is 35.6 Å². The summed E-state index contributed by atoms with van der Waals surface area (Å²) in [5, 5.41) is 11.9. The lowest BCUT2D eigenvalue weighted by Gasteiger charge is -2.17. The number of nitrogens with one attached hydrogen (secondary N) is 1. The number of hydrogen-bond acceptors (Lipinski definition) is 5. The molecule has 7 heteroatoms. The number of amides is 1. The highest BCUT2D eigenvalue weighted by molar-refractivity contribution is 5.97. The Labute approximate surface area is 196 Å². The maximum absolute atomic E-state index is 13.1. The number of carbonyl (C=O) groups excluding carboxylic acids is 2. The Morgan fingerprint density at radius 2 is 1.65 bits per heavy atom. The van der Waals surface area contributed by atoms with Gasteiger partial charge in [0.2, 0.25) is 12.7 Å². The van der Waals surface area contributed by atoms with Crippen molar-refractivity contribution in [2.75, 3.05) is 6.79 Å². The third kappa shape index (κ3) is 5.89. The Kier molecular flexibility index (Phi) is 7.03. The van der Waals surface area contributed by atoms with E-state index in [1.165, 1.54) is 18.2 Å². The standard InChI is InChI=1S/C27H23NO6/c29-23(15-19-6-10-21(11-7-19)27(31)32)22(14-18-4-2-1-3-5-18)28-26(30)13-9-20-8-12-24-25(16-20)34-17-33-24/h1-13,16,22H,14-15,17H2,(H,28,30)(H,31,32)/b13-9+/t22-/m0/s1. The van der Waals surface area contributed by atoms with Gasteiger partial charge in [0.25, 0.3) is 0 Å². The second-order valence-electron chi connectivity index (χ2n) is 7.84. The Morgan fingerprint density at radius 3 is 2.38 bits per heavy atom. The summed E-state index contributed by atoms with van der Waals surface area (Å²) in [7, 11) is 0. The van der Waals surface area contributed by atoms with Crippen LogP contribution in [0.5, 0.6) is 11.5 Å². The van der Waals surface area contributed by atoms with Crippen molar-refractivity contribution in [3.05, 3.63) is 101 Å². The number of fused-ring (bicyclic) bond motifs is 1. The van der Waals surface area contributed by atoms with Gasteiger partial charge in [-0.2, -0.15) is 0 Å². The topological polar surface area (TPSA) is 102 Å². The third-order valence-electron chi connectivity index (χ3n) is 5.39. The average molecular weight is 457 g/mol. The molecule has 2 N–H and O–H groups in total. The first-order chi connectivity index (χ1) is 16.5. The molecule has 4 rings (SSSR count). The molecule has 0 saturated heterocycles. The van der Waals surface area contributed by atoms with Gasteiger partial charge in [0.1, 0.15) is 0 Å². The van der Waals surface area contributed by atoms with Crippen molar-refractivity contribution in [1.82, 2.24) is 5.32 Å². The van der Waals surface area contributed by atoms with E-state index in [1.54, 1.807) is 30.3 Å². The lowest BCUT2D eigenvalue weighted by molar-refractivity contribution is -0.125. The lowest BCUT2D eigenvalue weighted by atomic mass is 9.97. The van der Waals surface area contributed by atoms with E-state index in [1.807, 2.05) is 36.4 Å². The molecular weight excluding hydrogens is 434 g/mol. The van der Waals surface area contributed by atoms with Crippen molar-refractivity contribution in [2.45, 2.75) is 18.9 Å². The van der Waals surface area contributed by atoms with Gasteiger partial charge in [0, 0.05) is 12.5 Å². The number of carboxylic acids is 1. The van der Waals surface area contributed by atoms with Gasteiger partial charge >= 0.3 is 5.97 Å². The molecule has 1 atom stereocenters. The van der Waals surface area contributed by atoms with Gasteiger partial charge in [-0.3, -0.25) is 9.59 Å². The first-order valence-electron chi connectivity index (χ1n) is 10.7. The number of ether oxygens (including phenoxy) is 2. The number of carboxylic acid groups (broad SMARTS) is 1. The van der Waals surface area contributed by atoms with Crippen LogP contribution < -0.4 is 14.8 Å². The van der Waals surface area contributed by atoms with Gasteiger partial charge < -0.3 is 19.9 Å². The number of carbonyl (C=O) groups is 3. The van der Waals surface area contributed by atoms with E-state index in [-0.39, 0.29) is 24.6 Å². The van der Waals surface area contributed by atoms with Crippen LogP contribution >= 0.6 is 0 Å². The molecule has 1 amide bonds. The van der Waals surface area contributed by atoms with E-state index in [2.05, 4.69) is 5.32 Å². The van der Waals surface area contributed by atoms with Gasteiger partial charge in [-0.15, -0.1) is 0 Å². The molecule has 0 bridgehead atoms. The van der Waals surface area contributed by atoms with Crippen molar-refractivity contribution >= 4 is 23.7 Å². The Balaban J connectivity index is 1.45. The quantitative estimate of drug-likeness (QED) is 0.476. The van der Waals surface area contributed by atoms with Gasteiger partial charge in [-0.25, -0.2) is 4.79 Å². The highest BCUT2D eigenvalue weighted by atomic mass is 16.7. The van der Waals surface area contributed by atoms with E-state index >= 15 is 0 Å². The normalized spacial score (nSPS) is 12.9. The molecule has 7 nitrogen and oxygen atoms in total. The summed E-state index contributed by atoms with van der Waals surface area (Å²) in [5.41, 5.74) is 2.52. The number of ketones is 1. The molecule has 34 heavy (non-hydrogen) atoms. The molecule has 172 valence electrons. The fourth-order valence-electron chi connectivity index (χ4n) is 3.59. The zero-order chi connectivity index (χ0) is 23.9. The Hall–Kier alpha value is -4.39. The fourth-order valence-corrected chi connectivity index (χ4v) is 3.59. The Morgan fingerprint density at radius 1 is 0.912 bits per heavy atom. The first kappa shape index (κ1) is 22.8. The van der Waals surface area contributed by atoms with Crippen molar-refractivity contribution < 1.29 is 29.0 Å². The first-order valence-corrected chi connectivity index (χ1v) is 10.7. The SMILES string of the molecule is O=C(/C=C/c1ccc2c(c1)OCO2)N[C@@H](Cc1ccccc1)C(=O)Cc1ccc(C(=O)O)cc1. The Bertz CT molecular complexity index is 1220. The van der Waals surface area contributed by atoms with Gasteiger partial charge in [0.05, 0.1) is 11.6 Å². The van der Waals surface area contributed by atoms with Crippen LogP contribution in [0.4, 0.5) is 0 Å². The van der Waals surface area contributed by atoms with E-state index in [4.69, 9.17) is 14.6 Å². The molecule has 0 aromatic heterocycles. The van der Waals surface area contributed by atoms with Crippen molar-refractivity contribution in [2.24, 2.45) is 0 Å². The van der Waals surface area contributed by atoms with Crippen LogP contribution in [0.25, 0.3) is 6.08 Å². The largest absolute Gasteiger partial charge is 0.478 e. The summed E-state index contributed by atoms with van der Waals surface area (Å²) in [5.74, 6) is -0.314. The molecule has 1 aliphatic rings. The highest BCUT2D eigenvalue weighted by Crippen LogP contribution is 2.32. The smallest absolute Gasteiger partial charge is 0.335 e. The van der Waals surface area contributed by atoms with E-state index in [9.17, 15) is 14.4 Å². The third-order valence-corrected chi connectivity index (χ3v) is 5.39. The minimum Gasteiger partial charge on any atom is -0.478 e. The van der Waals surface area contributed by atoms with E-state index in [0.29, 0.717) is 23.5 Å². The molecule has 1 heterocycles. The fraction of sp³-hybridized carbons (Fsp3) is 0.148. The summed E-state index contributed by atoms with van der Waals surface area (Å²) >= 11 is 0. The molecule has 3 aromatic carbocycles. The predicted octanol–water partition coefficient (Wildman–Crippen LogP) is 3.67. The van der Waals surface area contributed by atoms with Crippen LogP contribution in [0, 0.1) is 0 Å². The van der Waals surface area contributed by atoms with E-state index < -0.39 is 17.9 Å². The summed E-state index contributed by atoms with van der Waals surface area (Å²) in [6.07, 6.45) is 3.44. The number of benzene rings is 3. The minimum atomic E-state index is -1.03. The molecule has 0 aliphatic carbocycles. The molecule has 0 radical (unpaired) electrons. The van der Waals surface area contributed by atoms with Crippen LogP contribution in [0.15, 0.2) is 78.9 Å². The number of rotatable bonds is 9. The van der Waals surface area contributed by atoms with Crippen LogP contribution in [0.2, 0.25) is 0 Å². The highest BCUT2D eigenvalue weighted by Gasteiger charge is 2.21. The molecule has 1 aliphatic heterocycles. The zero-order valence-corrected chi connectivity index (χ0v) is 18.3. The molecule has 0 fully saturated rings. The molecular formula is C27H23NO6. The summed E-state index contributed by atoms with van der Waals surface area (Å²) in [6.45, 7) is 0.172. The van der Waals surface area contributed by atoms with E-state index in [0.717, 1.165) is 11.1 Å². The minimum absolute atomic E-state index is 0.0730. The molecule has 0 spiro atoms. The summed E-state index contributed by atoms with van der Waals surface area (Å²) < 4.78 is 10.6. The number of Topliss-reactive ketones (excluding diaryl/α,β-unsaturated/α-hetero) is 1. The summed E-state index contributed by atoms with van der Waals surface area (Å²) in [6, 6.07) is 20.2. The number of aromatic carboxylic acids is 1. The lowest BCUT2D eigenvalue weighted by Crippen LogP contribution is -2.42. The van der Waals surface area contributed by atoms with Crippen LogP contribution in [0.3, 0.4) is 0 Å². The predicted molar refractivity (Wildman–Crippen MR) is 126 cm³/mol. The maximum atomic E-state index is 13.1. The van der Waals surface area contributed by atoms with Gasteiger partial charge in [0.15, 0.2) is 17.3 Å². The second kappa shape index (κ2) is 10.5. The second-order valence-corrected chi connectivity index (χ2v) is 7.84. The van der Waals surface area contributed by atoms with Gasteiger partial charge in [-0.1, -0.05) is 48.5 Å². The van der Waals surface area contributed by atoms with Crippen LogP contribution in [0.1, 0.15) is 27.0 Å². The maximum Gasteiger partial charge on any atom is 0.335 e. The van der Waals surface area contributed by atoms with Crippen molar-refractivity contribution in [1.29, 1.82) is 0 Å². The number of hydrogen-bond donors (Lipinski definition) is 2. The summed E-state index contributed by atoms with van der Waals surface area (Å²) in [4.78, 5) is 36.8. The average Bonchev–Trinajstić information content (AvgIpc) is 3.31. The zero-order valence-electron chi connectivity index (χ0n) is 18.3. The molecule has 3 aromatic rings. The molecule has 0 unspecified atom stereocenters.